The minimum Gasteiger partial charge on any atom is -0.511 e. The fourth-order valence-electron chi connectivity index (χ4n) is 4.20. The minimum absolute atomic E-state index is 0.135. The number of aromatic nitrogens is 3. The summed E-state index contributed by atoms with van der Waals surface area (Å²) in [7, 11) is 0. The Bertz CT molecular complexity index is 1280. The maximum absolute atomic E-state index is 13.3. The van der Waals surface area contributed by atoms with Crippen molar-refractivity contribution in [3.63, 3.8) is 0 Å². The van der Waals surface area contributed by atoms with Gasteiger partial charge in [-0.2, -0.15) is 0 Å². The lowest BCUT2D eigenvalue weighted by Gasteiger charge is -2.37. The van der Waals surface area contributed by atoms with Gasteiger partial charge < -0.3 is 15.3 Å². The van der Waals surface area contributed by atoms with Crippen molar-refractivity contribution in [2.75, 3.05) is 6.67 Å². The number of amides is 4. The zero-order chi connectivity index (χ0) is 29.2. The first kappa shape index (κ1) is 29.9. The van der Waals surface area contributed by atoms with E-state index < -0.39 is 66.7 Å². The van der Waals surface area contributed by atoms with Crippen LogP contribution in [0.1, 0.15) is 49.8 Å². The maximum Gasteiger partial charge on any atom is 0.335 e. The maximum atomic E-state index is 13.3. The van der Waals surface area contributed by atoms with E-state index in [-0.39, 0.29) is 13.0 Å². The molecule has 2 aromatic rings. The molecule has 214 valence electrons. The lowest BCUT2D eigenvalue weighted by molar-refractivity contribution is -0.151. The lowest BCUT2D eigenvalue weighted by Crippen LogP contribution is -2.61. The number of urea groups is 1. The van der Waals surface area contributed by atoms with Crippen molar-refractivity contribution in [2.45, 2.75) is 64.1 Å². The van der Waals surface area contributed by atoms with Crippen molar-refractivity contribution in [2.24, 2.45) is 0 Å². The van der Waals surface area contributed by atoms with Crippen LogP contribution in [-0.2, 0) is 38.7 Å². The van der Waals surface area contributed by atoms with E-state index in [1.165, 1.54) is 0 Å². The number of carbonyl (C=O) groups excluding carboxylic acids is 3. The van der Waals surface area contributed by atoms with Crippen LogP contribution in [0.5, 0.6) is 0 Å². The number of aryl methyl sites for hydroxylation is 2. The summed E-state index contributed by atoms with van der Waals surface area (Å²) in [5.41, 5.74) is 0.403. The average Bonchev–Trinajstić information content (AvgIpc) is 3.37. The number of aliphatic hydroxyl groups is 1. The molecule has 40 heavy (non-hydrogen) atoms. The summed E-state index contributed by atoms with van der Waals surface area (Å²) in [5.74, 6) is -5.96. The Labute approximate surface area is 228 Å². The Balaban J connectivity index is 1.82. The zero-order valence-electron chi connectivity index (χ0n) is 21.6. The van der Waals surface area contributed by atoms with Crippen LogP contribution in [0.2, 0.25) is 0 Å². The number of hydrogen-bond donors (Lipinski definition) is 3. The van der Waals surface area contributed by atoms with Crippen molar-refractivity contribution >= 4 is 29.8 Å². The van der Waals surface area contributed by atoms with Crippen LogP contribution in [-0.4, -0.2) is 82.6 Å². The summed E-state index contributed by atoms with van der Waals surface area (Å²) in [6, 6.07) is 5.20. The van der Waals surface area contributed by atoms with E-state index in [0.29, 0.717) is 53.3 Å². The Hall–Kier alpha value is -4.62. The highest BCUT2D eigenvalue weighted by molar-refractivity contribution is 6.29. The molecule has 4 amide bonds. The summed E-state index contributed by atoms with van der Waals surface area (Å²) in [4.78, 5) is 63.9. The molecule has 2 heterocycles. The van der Waals surface area contributed by atoms with E-state index >= 15 is 0 Å². The molecule has 0 spiro atoms. The van der Waals surface area contributed by atoms with E-state index in [1.807, 2.05) is 0 Å². The number of carboxylic acids is 2. The monoisotopic (exact) mass is 559 g/mol. The molecule has 3 N–H and O–H groups in total. The standard InChI is InChI=1S/C26H30FN5O8/c27-13-6-9-18-16-30(29-28-18)14-5-4-10-20(33)22-23(36)31(15-17-7-2-1-3-8-17)26(40)32(24(22)37)19(25(38)39)11-12-21(34)35/h1-3,7-8,16,19,33H,4-6,9-15H2,(H,34,35)(H,38,39)/b22-20-/t19-/m0/s1. The Morgan fingerprint density at radius 1 is 0.950 bits per heavy atom. The molecule has 1 aliphatic heterocycles. The number of benzene rings is 1. The number of allylic oxidation sites excluding steroid dienone is 1. The van der Waals surface area contributed by atoms with Crippen molar-refractivity contribution in [1.82, 2.24) is 24.8 Å². The Morgan fingerprint density at radius 2 is 1.68 bits per heavy atom. The van der Waals surface area contributed by atoms with Crippen LogP contribution in [0.4, 0.5) is 9.18 Å². The molecule has 14 heteroatoms. The number of alkyl halides is 1. The predicted molar refractivity (Wildman–Crippen MR) is 135 cm³/mol. The molecule has 3 rings (SSSR count). The quantitative estimate of drug-likeness (QED) is 0.127. The number of hydrogen-bond acceptors (Lipinski definition) is 8. The van der Waals surface area contributed by atoms with Crippen LogP contribution in [0.3, 0.4) is 0 Å². The van der Waals surface area contributed by atoms with Crippen molar-refractivity contribution in [3.05, 3.63) is 59.1 Å². The second kappa shape index (κ2) is 14.0. The van der Waals surface area contributed by atoms with Gasteiger partial charge in [0, 0.05) is 25.6 Å². The molecule has 1 atom stereocenters. The van der Waals surface area contributed by atoms with E-state index in [1.54, 1.807) is 41.2 Å². The highest BCUT2D eigenvalue weighted by atomic mass is 19.1. The molecule has 0 aliphatic carbocycles. The smallest absolute Gasteiger partial charge is 0.335 e. The summed E-state index contributed by atoms with van der Waals surface area (Å²) in [6.45, 7) is -0.369. The van der Waals surface area contributed by atoms with E-state index in [9.17, 15) is 38.6 Å². The third-order valence-electron chi connectivity index (χ3n) is 6.23. The van der Waals surface area contributed by atoms with Gasteiger partial charge >= 0.3 is 18.0 Å². The second-order valence-electron chi connectivity index (χ2n) is 9.17. The van der Waals surface area contributed by atoms with E-state index in [4.69, 9.17) is 5.11 Å². The molecular weight excluding hydrogens is 529 g/mol. The number of carboxylic acid groups (broad SMARTS) is 2. The first-order valence-electron chi connectivity index (χ1n) is 12.7. The van der Waals surface area contributed by atoms with Gasteiger partial charge in [0.1, 0.15) is 17.4 Å². The Kier molecular flexibility index (Phi) is 10.4. The SMILES string of the molecule is O=C(O)CC[C@@H](C(=O)O)N1C(=O)/C(=C(\O)CCCCn2cc(CCCF)nn2)C(=O)N(Cc2ccccc2)C1=O. The molecule has 0 radical (unpaired) electrons. The highest BCUT2D eigenvalue weighted by Gasteiger charge is 2.48. The molecule has 0 saturated carbocycles. The number of rotatable bonds is 15. The zero-order valence-corrected chi connectivity index (χ0v) is 21.6. The highest BCUT2D eigenvalue weighted by Crippen LogP contribution is 2.27. The fraction of sp³-hybridized carbons (Fsp3) is 0.423. The lowest BCUT2D eigenvalue weighted by atomic mass is 10.0. The third-order valence-corrected chi connectivity index (χ3v) is 6.23. The molecule has 0 unspecified atom stereocenters. The van der Waals surface area contributed by atoms with Gasteiger partial charge in [0.2, 0.25) is 0 Å². The predicted octanol–water partition coefficient (Wildman–Crippen LogP) is 2.47. The van der Waals surface area contributed by atoms with Crippen LogP contribution >= 0.6 is 0 Å². The molecule has 1 saturated heterocycles. The summed E-state index contributed by atoms with van der Waals surface area (Å²) >= 11 is 0. The summed E-state index contributed by atoms with van der Waals surface area (Å²) < 4.78 is 13.9. The second-order valence-corrected chi connectivity index (χ2v) is 9.17. The van der Waals surface area contributed by atoms with Crippen molar-refractivity contribution < 1.29 is 43.7 Å². The number of aliphatic carboxylic acids is 2. The topological polar surface area (TPSA) is 183 Å². The minimum atomic E-state index is -1.87. The van der Waals surface area contributed by atoms with Gasteiger partial charge in [-0.1, -0.05) is 35.5 Å². The van der Waals surface area contributed by atoms with Gasteiger partial charge in [-0.05, 0) is 37.7 Å². The molecule has 1 aromatic heterocycles. The van der Waals surface area contributed by atoms with Crippen LogP contribution in [0.25, 0.3) is 0 Å². The molecular formula is C26H30FN5O8. The number of halogens is 1. The van der Waals surface area contributed by atoms with Gasteiger partial charge in [-0.25, -0.2) is 14.5 Å². The van der Waals surface area contributed by atoms with Crippen LogP contribution < -0.4 is 0 Å². The summed E-state index contributed by atoms with van der Waals surface area (Å²) in [5, 5.41) is 37.4. The Morgan fingerprint density at radius 3 is 2.33 bits per heavy atom. The molecule has 0 bridgehead atoms. The van der Waals surface area contributed by atoms with Crippen molar-refractivity contribution in [1.29, 1.82) is 0 Å². The number of barbiturate groups is 1. The van der Waals surface area contributed by atoms with Gasteiger partial charge in [0.05, 0.1) is 18.9 Å². The number of imide groups is 2. The van der Waals surface area contributed by atoms with E-state index in [2.05, 4.69) is 10.3 Å². The van der Waals surface area contributed by atoms with Gasteiger partial charge in [-0.15, -0.1) is 5.10 Å². The molecule has 13 nitrogen and oxygen atoms in total. The largest absolute Gasteiger partial charge is 0.511 e. The number of nitrogens with zero attached hydrogens (tertiary/aromatic N) is 5. The number of aliphatic hydroxyl groups excluding tert-OH is 1. The summed E-state index contributed by atoms with van der Waals surface area (Å²) in [6.07, 6.45) is 1.84. The van der Waals surface area contributed by atoms with Crippen LogP contribution in [0, 0.1) is 0 Å². The van der Waals surface area contributed by atoms with Gasteiger partial charge in [0.15, 0.2) is 0 Å². The average molecular weight is 560 g/mol. The fourth-order valence-corrected chi connectivity index (χ4v) is 4.20. The molecule has 1 fully saturated rings. The van der Waals surface area contributed by atoms with E-state index in [0.717, 1.165) is 0 Å². The van der Waals surface area contributed by atoms with Gasteiger partial charge in [0.25, 0.3) is 11.8 Å². The van der Waals surface area contributed by atoms with Crippen molar-refractivity contribution in [3.8, 4) is 0 Å². The van der Waals surface area contributed by atoms with Gasteiger partial charge in [-0.3, -0.25) is 28.4 Å². The first-order chi connectivity index (χ1) is 19.1. The number of unbranched alkanes of at least 4 members (excludes halogenated alkanes) is 1. The van der Waals surface area contributed by atoms with Crippen LogP contribution in [0.15, 0.2) is 47.9 Å². The first-order valence-corrected chi connectivity index (χ1v) is 12.7. The molecule has 1 aliphatic rings. The normalized spacial score (nSPS) is 15.9. The number of carbonyl (C=O) groups is 5. The molecule has 1 aromatic carbocycles. The third kappa shape index (κ3) is 7.48.